The SMILES string of the molecule is CC(CNc1nccc(N)n1)N(C)C. The minimum absolute atomic E-state index is 0.431. The molecule has 5 heteroatoms. The fourth-order valence-electron chi connectivity index (χ4n) is 0.879. The van der Waals surface area contributed by atoms with E-state index in [9.17, 15) is 0 Å². The van der Waals surface area contributed by atoms with Crippen LogP contribution < -0.4 is 11.1 Å². The van der Waals surface area contributed by atoms with Gasteiger partial charge in [-0.15, -0.1) is 0 Å². The normalized spacial score (nSPS) is 12.9. The number of likely N-dealkylation sites (N-methyl/N-ethyl adjacent to an activating group) is 1. The van der Waals surface area contributed by atoms with Crippen molar-refractivity contribution in [3.63, 3.8) is 0 Å². The van der Waals surface area contributed by atoms with Crippen LogP contribution in [0.1, 0.15) is 6.92 Å². The summed E-state index contributed by atoms with van der Waals surface area (Å²) in [4.78, 5) is 10.2. The predicted molar refractivity (Wildman–Crippen MR) is 58.1 cm³/mol. The molecule has 0 saturated heterocycles. The molecule has 0 aliphatic carbocycles. The first-order valence-corrected chi connectivity index (χ1v) is 4.58. The molecular weight excluding hydrogens is 178 g/mol. The molecule has 0 fully saturated rings. The lowest BCUT2D eigenvalue weighted by Gasteiger charge is -2.19. The number of hydrogen-bond acceptors (Lipinski definition) is 5. The van der Waals surface area contributed by atoms with Crippen LogP contribution in [0, 0.1) is 0 Å². The van der Waals surface area contributed by atoms with E-state index in [1.165, 1.54) is 0 Å². The van der Waals surface area contributed by atoms with Crippen LogP contribution in [0.25, 0.3) is 0 Å². The van der Waals surface area contributed by atoms with Gasteiger partial charge in [0.25, 0.3) is 0 Å². The zero-order valence-electron chi connectivity index (χ0n) is 8.86. The van der Waals surface area contributed by atoms with E-state index >= 15 is 0 Å². The summed E-state index contributed by atoms with van der Waals surface area (Å²) >= 11 is 0. The van der Waals surface area contributed by atoms with Gasteiger partial charge in [-0.25, -0.2) is 4.98 Å². The van der Waals surface area contributed by atoms with Gasteiger partial charge in [-0.05, 0) is 27.1 Å². The zero-order chi connectivity index (χ0) is 10.6. The summed E-state index contributed by atoms with van der Waals surface area (Å²) < 4.78 is 0. The van der Waals surface area contributed by atoms with Crippen LogP contribution in [-0.4, -0.2) is 41.5 Å². The highest BCUT2D eigenvalue weighted by atomic mass is 15.2. The molecule has 1 aromatic heterocycles. The Morgan fingerprint density at radius 2 is 2.29 bits per heavy atom. The Morgan fingerprint density at radius 3 is 2.86 bits per heavy atom. The molecule has 0 aromatic carbocycles. The maximum Gasteiger partial charge on any atom is 0.224 e. The fourth-order valence-corrected chi connectivity index (χ4v) is 0.879. The fraction of sp³-hybridized carbons (Fsp3) is 0.556. The van der Waals surface area contributed by atoms with Gasteiger partial charge in [0, 0.05) is 18.8 Å². The molecule has 0 radical (unpaired) electrons. The topological polar surface area (TPSA) is 67.1 Å². The van der Waals surface area contributed by atoms with Gasteiger partial charge in [0.1, 0.15) is 5.82 Å². The smallest absolute Gasteiger partial charge is 0.224 e. The van der Waals surface area contributed by atoms with E-state index in [2.05, 4.69) is 27.1 Å². The highest BCUT2D eigenvalue weighted by Crippen LogP contribution is 2.01. The van der Waals surface area contributed by atoms with Crippen LogP contribution in [0.2, 0.25) is 0 Å². The third-order valence-electron chi connectivity index (χ3n) is 2.11. The molecule has 1 heterocycles. The summed E-state index contributed by atoms with van der Waals surface area (Å²) in [5.41, 5.74) is 5.52. The first-order valence-electron chi connectivity index (χ1n) is 4.58. The van der Waals surface area contributed by atoms with Crippen molar-refractivity contribution in [2.75, 3.05) is 31.7 Å². The van der Waals surface area contributed by atoms with Gasteiger partial charge in [-0.2, -0.15) is 4.98 Å². The van der Waals surface area contributed by atoms with Crippen LogP contribution in [0.3, 0.4) is 0 Å². The van der Waals surface area contributed by atoms with Crippen molar-refractivity contribution in [3.05, 3.63) is 12.3 Å². The summed E-state index contributed by atoms with van der Waals surface area (Å²) in [6.07, 6.45) is 1.64. The summed E-state index contributed by atoms with van der Waals surface area (Å²) in [6, 6.07) is 2.10. The third-order valence-corrected chi connectivity index (χ3v) is 2.11. The summed E-state index contributed by atoms with van der Waals surface area (Å²) in [5, 5.41) is 3.12. The Morgan fingerprint density at radius 1 is 1.57 bits per heavy atom. The summed E-state index contributed by atoms with van der Waals surface area (Å²) in [6.45, 7) is 2.93. The molecule has 1 aromatic rings. The molecule has 1 unspecified atom stereocenters. The van der Waals surface area contributed by atoms with Gasteiger partial charge in [0.05, 0.1) is 0 Å². The van der Waals surface area contributed by atoms with Crippen molar-refractivity contribution in [2.24, 2.45) is 0 Å². The second-order valence-corrected chi connectivity index (χ2v) is 3.50. The number of nitrogens with one attached hydrogen (secondary N) is 1. The zero-order valence-corrected chi connectivity index (χ0v) is 8.86. The first-order chi connectivity index (χ1) is 6.59. The number of hydrogen-bond donors (Lipinski definition) is 2. The van der Waals surface area contributed by atoms with E-state index in [1.807, 2.05) is 14.1 Å². The van der Waals surface area contributed by atoms with E-state index in [4.69, 9.17) is 5.73 Å². The molecule has 0 spiro atoms. The molecule has 0 bridgehead atoms. The molecule has 5 nitrogen and oxygen atoms in total. The van der Waals surface area contributed by atoms with Crippen LogP contribution in [-0.2, 0) is 0 Å². The van der Waals surface area contributed by atoms with E-state index in [0.717, 1.165) is 6.54 Å². The molecule has 1 rings (SSSR count). The number of anilines is 2. The molecule has 3 N–H and O–H groups in total. The Balaban J connectivity index is 2.45. The van der Waals surface area contributed by atoms with Gasteiger partial charge in [0.2, 0.25) is 5.95 Å². The van der Waals surface area contributed by atoms with Gasteiger partial charge in [-0.3, -0.25) is 0 Å². The van der Waals surface area contributed by atoms with Gasteiger partial charge < -0.3 is 16.0 Å². The molecule has 0 amide bonds. The predicted octanol–water partition coefficient (Wildman–Crippen LogP) is 0.421. The lowest BCUT2D eigenvalue weighted by Crippen LogP contribution is -2.31. The molecular formula is C9H17N5. The average Bonchev–Trinajstić information content (AvgIpc) is 2.14. The molecule has 78 valence electrons. The van der Waals surface area contributed by atoms with Crippen LogP contribution in [0.5, 0.6) is 0 Å². The Kier molecular flexibility index (Phi) is 3.64. The Hall–Kier alpha value is -1.36. The lowest BCUT2D eigenvalue weighted by atomic mass is 10.3. The molecule has 0 aliphatic rings. The largest absolute Gasteiger partial charge is 0.384 e. The quantitative estimate of drug-likeness (QED) is 0.729. The first kappa shape index (κ1) is 10.7. The third kappa shape index (κ3) is 3.18. The summed E-state index contributed by atoms with van der Waals surface area (Å²) in [5.74, 6) is 1.07. The minimum atomic E-state index is 0.431. The second kappa shape index (κ2) is 4.76. The number of nitrogen functional groups attached to an aromatic ring is 1. The number of nitrogens with zero attached hydrogens (tertiary/aromatic N) is 3. The van der Waals surface area contributed by atoms with Crippen molar-refractivity contribution >= 4 is 11.8 Å². The number of rotatable bonds is 4. The van der Waals surface area contributed by atoms with E-state index in [-0.39, 0.29) is 0 Å². The van der Waals surface area contributed by atoms with Crippen LogP contribution >= 0.6 is 0 Å². The molecule has 0 saturated carbocycles. The van der Waals surface area contributed by atoms with Crippen molar-refractivity contribution in [2.45, 2.75) is 13.0 Å². The molecule has 1 atom stereocenters. The Labute approximate surface area is 84.3 Å². The van der Waals surface area contributed by atoms with Crippen molar-refractivity contribution < 1.29 is 0 Å². The van der Waals surface area contributed by atoms with E-state index in [1.54, 1.807) is 12.3 Å². The maximum absolute atomic E-state index is 5.52. The van der Waals surface area contributed by atoms with Crippen molar-refractivity contribution in [1.29, 1.82) is 0 Å². The van der Waals surface area contributed by atoms with Gasteiger partial charge in [-0.1, -0.05) is 0 Å². The maximum atomic E-state index is 5.52. The minimum Gasteiger partial charge on any atom is -0.384 e. The summed E-state index contributed by atoms with van der Waals surface area (Å²) in [7, 11) is 4.07. The van der Waals surface area contributed by atoms with Gasteiger partial charge >= 0.3 is 0 Å². The Bertz CT molecular complexity index is 286. The lowest BCUT2D eigenvalue weighted by molar-refractivity contribution is 0.326. The number of aromatic nitrogens is 2. The van der Waals surface area contributed by atoms with Gasteiger partial charge in [0.15, 0.2) is 0 Å². The van der Waals surface area contributed by atoms with Crippen LogP contribution in [0.4, 0.5) is 11.8 Å². The van der Waals surface area contributed by atoms with Crippen molar-refractivity contribution in [1.82, 2.24) is 14.9 Å². The van der Waals surface area contributed by atoms with Crippen LogP contribution in [0.15, 0.2) is 12.3 Å². The highest BCUT2D eigenvalue weighted by molar-refractivity contribution is 5.34. The van der Waals surface area contributed by atoms with E-state index in [0.29, 0.717) is 17.8 Å². The standard InChI is InChI=1S/C9H17N5/c1-7(14(2)3)6-12-9-11-5-4-8(10)13-9/h4-5,7H,6H2,1-3H3,(H3,10,11,12,13). The number of nitrogens with two attached hydrogens (primary N) is 1. The molecule has 0 aliphatic heterocycles. The van der Waals surface area contributed by atoms with Crippen molar-refractivity contribution in [3.8, 4) is 0 Å². The van der Waals surface area contributed by atoms with E-state index < -0.39 is 0 Å². The highest BCUT2D eigenvalue weighted by Gasteiger charge is 2.04. The monoisotopic (exact) mass is 195 g/mol. The second-order valence-electron chi connectivity index (χ2n) is 3.50. The molecule has 14 heavy (non-hydrogen) atoms. The average molecular weight is 195 g/mol.